The molecule has 2 rings (SSSR count). The van der Waals surface area contributed by atoms with Gasteiger partial charge in [-0.05, 0) is 37.3 Å². The van der Waals surface area contributed by atoms with E-state index in [0.29, 0.717) is 25.0 Å². The van der Waals surface area contributed by atoms with Crippen LogP contribution >= 0.6 is 0 Å². The smallest absolute Gasteiger partial charge is 0.309 e. The lowest BCUT2D eigenvalue weighted by Crippen LogP contribution is -2.23. The second-order valence-electron chi connectivity index (χ2n) is 4.77. The molecule has 4 heteroatoms. The predicted octanol–water partition coefficient (Wildman–Crippen LogP) is 1.16. The second-order valence-corrected chi connectivity index (χ2v) is 5.27. The Balaban J connectivity index is 1.57. The molecule has 0 spiro atoms. The molecule has 0 N–H and O–H groups in total. The summed E-state index contributed by atoms with van der Waals surface area (Å²) in [6.07, 6.45) is 7.51. The van der Waals surface area contributed by atoms with Gasteiger partial charge in [-0.1, -0.05) is 12.2 Å². The van der Waals surface area contributed by atoms with E-state index in [9.17, 15) is 4.79 Å². The maximum absolute atomic E-state index is 11.8. The number of rotatable bonds is 7. The van der Waals surface area contributed by atoms with Crippen LogP contribution < -0.4 is 0 Å². The van der Waals surface area contributed by atoms with Gasteiger partial charge in [0.2, 0.25) is 0 Å². The third-order valence-electron chi connectivity index (χ3n) is 3.52. The van der Waals surface area contributed by atoms with Crippen LogP contribution in [-0.2, 0) is 26.9 Å². The summed E-state index contributed by atoms with van der Waals surface area (Å²) < 4.78 is 10.6. The molecule has 0 heterocycles. The van der Waals surface area contributed by atoms with Crippen molar-refractivity contribution in [3.63, 3.8) is 0 Å². The normalized spacial score (nSPS) is 29.8. The van der Waals surface area contributed by atoms with Gasteiger partial charge in [0.1, 0.15) is 12.4 Å². The molecule has 0 aromatic carbocycles. The Hall–Kier alpha value is -0.480. The van der Waals surface area contributed by atoms with Gasteiger partial charge >= 0.3 is 5.97 Å². The lowest BCUT2D eigenvalue weighted by molar-refractivity contribution is -0.151. The Bertz CT molecular complexity index is 290. The molecular formula is C13H21O3S+. The molecule has 2 bridgehead atoms. The highest BCUT2D eigenvalue weighted by Crippen LogP contribution is 2.43. The molecule has 3 unspecified atom stereocenters. The Kier molecular flexibility index (Phi) is 4.92. The van der Waals surface area contributed by atoms with E-state index in [1.807, 2.05) is 0 Å². The van der Waals surface area contributed by atoms with Crippen LogP contribution in [0.15, 0.2) is 12.2 Å². The highest BCUT2D eigenvalue weighted by molar-refractivity contribution is 7.58. The van der Waals surface area contributed by atoms with E-state index in [0.717, 1.165) is 31.6 Å². The summed E-state index contributed by atoms with van der Waals surface area (Å²) in [6, 6.07) is 0. The van der Waals surface area contributed by atoms with E-state index in [4.69, 9.17) is 9.47 Å². The number of hydrogen-bond acceptors (Lipinski definition) is 3. The molecule has 2 aliphatic carbocycles. The molecular weight excluding hydrogens is 236 g/mol. The Morgan fingerprint density at radius 3 is 2.76 bits per heavy atom. The van der Waals surface area contributed by atoms with Gasteiger partial charge < -0.3 is 9.47 Å². The van der Waals surface area contributed by atoms with Crippen molar-refractivity contribution in [3.8, 4) is 0 Å². The first-order valence-corrected chi connectivity index (χ1v) is 7.09. The Labute approximate surface area is 108 Å². The first-order valence-electron chi connectivity index (χ1n) is 6.38. The van der Waals surface area contributed by atoms with Crippen molar-refractivity contribution in [2.24, 2.45) is 17.8 Å². The van der Waals surface area contributed by atoms with Gasteiger partial charge in [0.25, 0.3) is 0 Å². The number of esters is 1. The number of ether oxygens (including phenoxy) is 2. The maximum atomic E-state index is 11.8. The molecule has 1 saturated carbocycles. The number of carbonyl (C=O) groups excluding carboxylic acids is 1. The van der Waals surface area contributed by atoms with Crippen LogP contribution in [0.5, 0.6) is 0 Å². The van der Waals surface area contributed by atoms with Crippen molar-refractivity contribution in [2.75, 3.05) is 25.6 Å². The van der Waals surface area contributed by atoms with E-state index in [1.165, 1.54) is 0 Å². The maximum Gasteiger partial charge on any atom is 0.309 e. The van der Waals surface area contributed by atoms with E-state index in [-0.39, 0.29) is 11.9 Å². The van der Waals surface area contributed by atoms with Gasteiger partial charge in [-0.2, -0.15) is 0 Å². The second kappa shape index (κ2) is 6.45. The summed E-state index contributed by atoms with van der Waals surface area (Å²) >= 11 is 3.38. The minimum atomic E-state index is -0.0365. The van der Waals surface area contributed by atoms with Gasteiger partial charge in [-0.25, -0.2) is 0 Å². The SMILES string of the molecule is O=C(OCCOCCC[SH2+])C1CC2C=CC1C2. The third-order valence-corrected chi connectivity index (χ3v) is 3.87. The van der Waals surface area contributed by atoms with Crippen molar-refractivity contribution in [1.29, 1.82) is 0 Å². The first-order chi connectivity index (χ1) is 8.31. The van der Waals surface area contributed by atoms with Gasteiger partial charge in [-0.3, -0.25) is 4.79 Å². The van der Waals surface area contributed by atoms with Gasteiger partial charge in [-0.15, -0.1) is 0 Å². The minimum Gasteiger partial charge on any atom is -0.463 e. The zero-order valence-electron chi connectivity index (χ0n) is 10.1. The van der Waals surface area contributed by atoms with Gasteiger partial charge in [0, 0.05) is 6.42 Å². The molecule has 1 fully saturated rings. The lowest BCUT2D eigenvalue weighted by Gasteiger charge is -2.16. The number of hydrogen-bond donors (Lipinski definition) is 0. The highest BCUT2D eigenvalue weighted by Gasteiger charge is 2.40. The van der Waals surface area contributed by atoms with Crippen LogP contribution in [0.25, 0.3) is 0 Å². The third kappa shape index (κ3) is 3.49. The van der Waals surface area contributed by atoms with Crippen LogP contribution in [0.2, 0.25) is 0 Å². The average Bonchev–Trinajstić information content (AvgIpc) is 2.95. The number of fused-ring (bicyclic) bond motifs is 2. The largest absolute Gasteiger partial charge is 0.463 e. The quantitative estimate of drug-likeness (QED) is 0.297. The molecule has 0 radical (unpaired) electrons. The van der Waals surface area contributed by atoms with Crippen LogP contribution in [-0.4, -0.2) is 31.5 Å². The van der Waals surface area contributed by atoms with Crippen LogP contribution in [0, 0.1) is 17.8 Å². The molecule has 0 amide bonds. The summed E-state index contributed by atoms with van der Waals surface area (Å²) in [5, 5.41) is 0. The molecule has 3 atom stereocenters. The number of carbonyl (C=O) groups is 1. The van der Waals surface area contributed by atoms with E-state index < -0.39 is 0 Å². The molecule has 0 aliphatic heterocycles. The monoisotopic (exact) mass is 257 g/mol. The van der Waals surface area contributed by atoms with Crippen LogP contribution in [0.1, 0.15) is 19.3 Å². The summed E-state index contributed by atoms with van der Waals surface area (Å²) in [5.41, 5.74) is 0. The first kappa shape index (κ1) is 13.0. The summed E-state index contributed by atoms with van der Waals surface area (Å²) in [4.78, 5) is 11.8. The van der Waals surface area contributed by atoms with Gasteiger partial charge in [0.05, 0.1) is 19.1 Å². The molecule has 0 saturated heterocycles. The van der Waals surface area contributed by atoms with Crippen molar-refractivity contribution >= 4 is 18.6 Å². The molecule has 0 aromatic heterocycles. The summed E-state index contributed by atoms with van der Waals surface area (Å²) in [7, 11) is 0. The zero-order valence-corrected chi connectivity index (χ0v) is 11.1. The zero-order chi connectivity index (χ0) is 12.1. The molecule has 96 valence electrons. The molecule has 2 aliphatic rings. The van der Waals surface area contributed by atoms with Crippen molar-refractivity contribution in [3.05, 3.63) is 12.2 Å². The Morgan fingerprint density at radius 2 is 2.12 bits per heavy atom. The van der Waals surface area contributed by atoms with Crippen molar-refractivity contribution in [1.82, 2.24) is 0 Å². The minimum absolute atomic E-state index is 0.0365. The molecule has 17 heavy (non-hydrogen) atoms. The van der Waals surface area contributed by atoms with Gasteiger partial charge in [0.15, 0.2) is 0 Å². The molecule has 0 aromatic rings. The fourth-order valence-electron chi connectivity index (χ4n) is 2.64. The van der Waals surface area contributed by atoms with Crippen molar-refractivity contribution in [2.45, 2.75) is 19.3 Å². The average molecular weight is 257 g/mol. The molecule has 3 nitrogen and oxygen atoms in total. The predicted molar refractivity (Wildman–Crippen MR) is 70.3 cm³/mol. The topological polar surface area (TPSA) is 35.5 Å². The van der Waals surface area contributed by atoms with Crippen LogP contribution in [0.3, 0.4) is 0 Å². The fourth-order valence-corrected chi connectivity index (χ4v) is 2.78. The summed E-state index contributed by atoms with van der Waals surface area (Å²) in [6.45, 7) is 1.62. The van der Waals surface area contributed by atoms with E-state index in [1.54, 1.807) is 0 Å². The fraction of sp³-hybridized carbons (Fsp3) is 0.769. The number of allylic oxidation sites excluding steroid dienone is 2. The standard InChI is InChI=1S/C13H20O3S/c14-13(16-6-5-15-4-1-7-17)12-9-10-2-3-11(12)8-10/h2-3,10-12,17H,1,4-9H2/p+1. The van der Waals surface area contributed by atoms with E-state index >= 15 is 0 Å². The van der Waals surface area contributed by atoms with Crippen molar-refractivity contribution < 1.29 is 14.3 Å². The Morgan fingerprint density at radius 1 is 1.24 bits per heavy atom. The van der Waals surface area contributed by atoms with E-state index in [2.05, 4.69) is 24.8 Å². The van der Waals surface area contributed by atoms with Crippen LogP contribution in [0.4, 0.5) is 0 Å². The highest BCUT2D eigenvalue weighted by atomic mass is 32.1. The summed E-state index contributed by atoms with van der Waals surface area (Å²) in [5.74, 6) is 2.06. The lowest BCUT2D eigenvalue weighted by atomic mass is 9.94.